The van der Waals surface area contributed by atoms with Gasteiger partial charge in [0.05, 0.1) is 40.6 Å². The highest BCUT2D eigenvalue weighted by atomic mass is 32.2. The predicted molar refractivity (Wildman–Crippen MR) is 193 cm³/mol. The minimum atomic E-state index is -3.81. The number of hydrogen-bond acceptors (Lipinski definition) is 10. The van der Waals surface area contributed by atoms with Crippen LogP contribution in [0.3, 0.4) is 0 Å². The van der Waals surface area contributed by atoms with E-state index < -0.39 is 69.7 Å². The molecule has 2 aromatic heterocycles. The van der Waals surface area contributed by atoms with Crippen LogP contribution >= 0.6 is 0 Å². The molecule has 0 radical (unpaired) electrons. The SMILES string of the molecule is N=C(CC(O)C(Cc1ccccc1)NC(=O)[C@H](CC(N)=O)NC(=O)c1ccc2ccccc2n1)[C@H](CCS(=O)(=O)c1ccncc1)C(=O)NC1CC1. The molecule has 52 heavy (non-hydrogen) atoms. The number of pyridine rings is 2. The molecule has 4 atom stereocenters. The van der Waals surface area contributed by atoms with E-state index >= 15 is 0 Å². The quantitative estimate of drug-likeness (QED) is 0.0820. The van der Waals surface area contributed by atoms with Gasteiger partial charge in [-0.15, -0.1) is 0 Å². The smallest absolute Gasteiger partial charge is 0.270 e. The highest BCUT2D eigenvalue weighted by Crippen LogP contribution is 2.23. The van der Waals surface area contributed by atoms with Gasteiger partial charge in [-0.3, -0.25) is 24.2 Å². The van der Waals surface area contributed by atoms with Crippen molar-refractivity contribution in [3.05, 3.63) is 103 Å². The minimum absolute atomic E-state index is 0.0109. The summed E-state index contributed by atoms with van der Waals surface area (Å²) in [7, 11) is -3.81. The second-order valence-electron chi connectivity index (χ2n) is 12.8. The first-order valence-corrected chi connectivity index (χ1v) is 18.5. The van der Waals surface area contributed by atoms with Gasteiger partial charge in [0.15, 0.2) is 9.84 Å². The van der Waals surface area contributed by atoms with Crippen LogP contribution in [0.5, 0.6) is 0 Å². The Kier molecular flexibility index (Phi) is 12.4. The third-order valence-electron chi connectivity index (χ3n) is 8.72. The first-order chi connectivity index (χ1) is 24.9. The van der Waals surface area contributed by atoms with E-state index in [4.69, 9.17) is 11.1 Å². The Labute approximate surface area is 301 Å². The van der Waals surface area contributed by atoms with Crippen LogP contribution < -0.4 is 21.7 Å². The number of nitrogens with one attached hydrogen (secondary N) is 4. The van der Waals surface area contributed by atoms with E-state index in [1.54, 1.807) is 48.5 Å². The number of primary amides is 1. The van der Waals surface area contributed by atoms with Crippen LogP contribution in [0, 0.1) is 11.3 Å². The molecule has 15 heteroatoms. The van der Waals surface area contributed by atoms with Gasteiger partial charge in [0.25, 0.3) is 5.91 Å². The number of nitrogens with two attached hydrogens (primary N) is 1. The van der Waals surface area contributed by atoms with E-state index in [0.29, 0.717) is 5.52 Å². The fourth-order valence-corrected chi connectivity index (χ4v) is 7.03. The topological polar surface area (TPSA) is 234 Å². The Bertz CT molecular complexity index is 2030. The Morgan fingerprint density at radius 1 is 0.885 bits per heavy atom. The summed E-state index contributed by atoms with van der Waals surface area (Å²) in [6, 6.07) is 19.4. The highest BCUT2D eigenvalue weighted by Gasteiger charge is 2.34. The number of para-hydroxylation sites is 1. The standard InChI is InChI=1S/C37H41N7O7S/c38-28(27(35(47)41-25-11-12-25)16-19-52(50,51)26-14-17-40-18-15-26)21-33(45)31(20-23-6-2-1-3-7-23)43-37(49)32(22-34(39)46)44-36(48)30-13-10-24-8-4-5-9-29(24)42-30/h1-10,13-15,17-18,25,27,31-33,38,45H,11-12,16,19-22H2,(H2,39,46)(H,41,47)(H,43,49)(H,44,48)/t27-,31?,32-,33?/m0/s1. The molecule has 2 heterocycles. The van der Waals surface area contributed by atoms with Crippen LogP contribution in [0.1, 0.15) is 48.2 Å². The van der Waals surface area contributed by atoms with Crippen molar-refractivity contribution in [3.63, 3.8) is 0 Å². The van der Waals surface area contributed by atoms with Gasteiger partial charge in [-0.05, 0) is 55.5 Å². The summed E-state index contributed by atoms with van der Waals surface area (Å²) in [5.41, 5.74) is 6.52. The van der Waals surface area contributed by atoms with Gasteiger partial charge in [0, 0.05) is 36.0 Å². The molecule has 1 aliphatic rings. The zero-order valence-electron chi connectivity index (χ0n) is 28.3. The minimum Gasteiger partial charge on any atom is -0.391 e. The number of fused-ring (bicyclic) bond motifs is 1. The van der Waals surface area contributed by atoms with Gasteiger partial charge in [-0.1, -0.05) is 54.6 Å². The van der Waals surface area contributed by atoms with Crippen LogP contribution in [0.2, 0.25) is 0 Å². The molecule has 2 aromatic carbocycles. The van der Waals surface area contributed by atoms with Crippen LogP contribution in [0.15, 0.2) is 96.2 Å². The summed E-state index contributed by atoms with van der Waals surface area (Å²) in [6.45, 7) is 0. The van der Waals surface area contributed by atoms with Gasteiger partial charge in [0.1, 0.15) is 11.7 Å². The summed E-state index contributed by atoms with van der Waals surface area (Å²) in [5.74, 6) is -4.51. The molecule has 0 bridgehead atoms. The molecule has 2 unspecified atom stereocenters. The van der Waals surface area contributed by atoms with E-state index in [1.807, 2.05) is 12.1 Å². The lowest BCUT2D eigenvalue weighted by Crippen LogP contribution is -2.54. The molecule has 1 aliphatic carbocycles. The van der Waals surface area contributed by atoms with Crippen molar-refractivity contribution in [1.82, 2.24) is 25.9 Å². The lowest BCUT2D eigenvalue weighted by molar-refractivity contribution is -0.128. The fourth-order valence-electron chi connectivity index (χ4n) is 5.71. The number of aliphatic hydroxyl groups excluding tert-OH is 1. The van der Waals surface area contributed by atoms with Crippen molar-refractivity contribution in [3.8, 4) is 0 Å². The maximum Gasteiger partial charge on any atom is 0.270 e. The average Bonchev–Trinajstić information content (AvgIpc) is 3.95. The molecule has 0 aliphatic heterocycles. The summed E-state index contributed by atoms with van der Waals surface area (Å²) in [4.78, 5) is 60.5. The number of nitrogens with zero attached hydrogens (tertiary/aromatic N) is 2. The van der Waals surface area contributed by atoms with Crippen LogP contribution in [0.4, 0.5) is 0 Å². The Morgan fingerprint density at radius 3 is 2.27 bits per heavy atom. The number of sulfone groups is 1. The lowest BCUT2D eigenvalue weighted by atomic mass is 9.90. The number of amides is 4. The number of carbonyl (C=O) groups excluding carboxylic acids is 4. The number of aliphatic hydroxyl groups is 1. The fraction of sp³-hybridized carbons (Fsp3) is 0.324. The van der Waals surface area contributed by atoms with Gasteiger partial charge in [-0.2, -0.15) is 0 Å². The van der Waals surface area contributed by atoms with E-state index in [-0.39, 0.29) is 41.6 Å². The normalized spacial score (nSPS) is 15.1. The molecular formula is C37H41N7O7S. The van der Waals surface area contributed by atoms with Gasteiger partial charge in [-0.25, -0.2) is 13.4 Å². The molecule has 7 N–H and O–H groups in total. The van der Waals surface area contributed by atoms with Crippen LogP contribution in [-0.4, -0.2) is 82.8 Å². The molecule has 272 valence electrons. The van der Waals surface area contributed by atoms with E-state index in [1.165, 1.54) is 30.6 Å². The Morgan fingerprint density at radius 2 is 1.58 bits per heavy atom. The van der Waals surface area contributed by atoms with E-state index in [9.17, 15) is 32.7 Å². The molecule has 1 saturated carbocycles. The average molecular weight is 728 g/mol. The number of aromatic nitrogens is 2. The van der Waals surface area contributed by atoms with Crippen molar-refractivity contribution in [2.45, 2.75) is 67.6 Å². The molecule has 4 amide bonds. The monoisotopic (exact) mass is 727 g/mol. The highest BCUT2D eigenvalue weighted by molar-refractivity contribution is 7.91. The summed E-state index contributed by atoms with van der Waals surface area (Å²) in [6.07, 6.45) is 1.75. The maximum absolute atomic E-state index is 13.7. The molecule has 4 aromatic rings. The van der Waals surface area contributed by atoms with Crippen LogP contribution in [-0.2, 0) is 30.6 Å². The van der Waals surface area contributed by atoms with Gasteiger partial charge >= 0.3 is 0 Å². The molecule has 5 rings (SSSR count). The zero-order chi connectivity index (χ0) is 37.3. The Balaban J connectivity index is 1.33. The number of benzene rings is 2. The number of carbonyl (C=O) groups is 4. The number of rotatable bonds is 18. The first kappa shape index (κ1) is 37.7. The molecule has 0 saturated heterocycles. The number of hydrogen-bond donors (Lipinski definition) is 6. The zero-order valence-corrected chi connectivity index (χ0v) is 29.1. The summed E-state index contributed by atoms with van der Waals surface area (Å²) in [5, 5.41) is 29.3. The third-order valence-corrected chi connectivity index (χ3v) is 10.5. The molecule has 1 fully saturated rings. The lowest BCUT2D eigenvalue weighted by Gasteiger charge is -2.28. The van der Waals surface area contributed by atoms with E-state index in [0.717, 1.165) is 23.8 Å². The van der Waals surface area contributed by atoms with Crippen molar-refractivity contribution < 1.29 is 32.7 Å². The van der Waals surface area contributed by atoms with Crippen LogP contribution in [0.25, 0.3) is 10.9 Å². The van der Waals surface area contributed by atoms with Crippen molar-refractivity contribution >= 4 is 50.1 Å². The second kappa shape index (κ2) is 17.1. The largest absolute Gasteiger partial charge is 0.391 e. The molecular weight excluding hydrogens is 687 g/mol. The van der Waals surface area contributed by atoms with E-state index in [2.05, 4.69) is 25.9 Å². The van der Waals surface area contributed by atoms with Gasteiger partial charge < -0.3 is 32.2 Å². The van der Waals surface area contributed by atoms with Gasteiger partial charge in [0.2, 0.25) is 17.7 Å². The predicted octanol–water partition coefficient (Wildman–Crippen LogP) is 1.86. The first-order valence-electron chi connectivity index (χ1n) is 16.9. The second-order valence-corrected chi connectivity index (χ2v) is 14.9. The molecule has 14 nitrogen and oxygen atoms in total. The van der Waals surface area contributed by atoms with Crippen molar-refractivity contribution in [1.29, 1.82) is 5.41 Å². The summed E-state index contributed by atoms with van der Waals surface area (Å²) >= 11 is 0. The maximum atomic E-state index is 13.7. The Hall–Kier alpha value is -5.54. The van der Waals surface area contributed by atoms with Crippen molar-refractivity contribution in [2.24, 2.45) is 11.7 Å². The summed E-state index contributed by atoms with van der Waals surface area (Å²) < 4.78 is 26.1. The van der Waals surface area contributed by atoms with Crippen molar-refractivity contribution in [2.75, 3.05) is 5.75 Å². The molecule has 0 spiro atoms. The third kappa shape index (κ3) is 10.5.